The molecule has 2 aromatic rings. The SMILES string of the molecule is C1=N[N]c2cc3cncnc3cc21. The maximum absolute atomic E-state index is 4.14. The maximum Gasteiger partial charge on any atom is 0.116 e. The third kappa shape index (κ3) is 0.885. The van der Waals surface area contributed by atoms with Crippen molar-refractivity contribution >= 4 is 22.8 Å². The summed E-state index contributed by atoms with van der Waals surface area (Å²) in [6, 6.07) is 3.91. The lowest BCUT2D eigenvalue weighted by Crippen LogP contribution is -1.86. The van der Waals surface area contributed by atoms with Crippen molar-refractivity contribution in [2.45, 2.75) is 0 Å². The first-order valence-electron chi connectivity index (χ1n) is 3.91. The first kappa shape index (κ1) is 6.54. The van der Waals surface area contributed by atoms with Gasteiger partial charge in [-0.3, -0.25) is 0 Å². The molecule has 4 heteroatoms. The molecule has 0 amide bonds. The van der Waals surface area contributed by atoms with E-state index in [1.165, 1.54) is 6.33 Å². The molecule has 61 valence electrons. The van der Waals surface area contributed by atoms with Crippen molar-refractivity contribution in [3.05, 3.63) is 30.2 Å². The third-order valence-electron chi connectivity index (χ3n) is 2.02. The number of rotatable bonds is 0. The molecule has 1 aromatic heterocycles. The van der Waals surface area contributed by atoms with Crippen LogP contribution in [0.5, 0.6) is 0 Å². The summed E-state index contributed by atoms with van der Waals surface area (Å²) in [6.07, 6.45) is 5.05. The van der Waals surface area contributed by atoms with Crippen LogP contribution in [0.3, 0.4) is 0 Å². The Morgan fingerprint density at radius 2 is 2.15 bits per heavy atom. The van der Waals surface area contributed by atoms with Gasteiger partial charge in [-0.2, -0.15) is 10.5 Å². The van der Waals surface area contributed by atoms with Gasteiger partial charge in [0, 0.05) is 17.1 Å². The molecule has 4 nitrogen and oxygen atoms in total. The fourth-order valence-corrected chi connectivity index (χ4v) is 1.38. The summed E-state index contributed by atoms with van der Waals surface area (Å²) in [4.78, 5) is 8.09. The number of fused-ring (bicyclic) bond motifs is 2. The standard InChI is InChI=1S/C9H5N4/c1-7-4-12-13-9(7)2-6-3-10-5-11-8(1)6/h1-5H. The molecule has 0 bridgehead atoms. The van der Waals surface area contributed by atoms with Crippen LogP contribution in [0.2, 0.25) is 0 Å². The minimum absolute atomic E-state index is 0.891. The zero-order chi connectivity index (χ0) is 8.67. The average Bonchev–Trinajstić information content (AvgIpc) is 2.61. The van der Waals surface area contributed by atoms with Gasteiger partial charge < -0.3 is 0 Å². The van der Waals surface area contributed by atoms with E-state index >= 15 is 0 Å². The van der Waals surface area contributed by atoms with E-state index in [2.05, 4.69) is 20.5 Å². The van der Waals surface area contributed by atoms with Crippen LogP contribution in [-0.2, 0) is 0 Å². The molecule has 1 radical (unpaired) electrons. The van der Waals surface area contributed by atoms with Gasteiger partial charge in [0.2, 0.25) is 0 Å². The van der Waals surface area contributed by atoms with Crippen LogP contribution in [0.25, 0.3) is 10.9 Å². The molecule has 1 aromatic carbocycles. The van der Waals surface area contributed by atoms with Gasteiger partial charge in [-0.05, 0) is 12.1 Å². The topological polar surface area (TPSA) is 52.2 Å². The summed E-state index contributed by atoms with van der Waals surface area (Å²) >= 11 is 0. The Bertz CT molecular complexity index is 504. The van der Waals surface area contributed by atoms with Crippen LogP contribution < -0.4 is 5.43 Å². The summed E-state index contributed by atoms with van der Waals surface area (Å²) in [5, 5.41) is 4.82. The minimum Gasteiger partial charge on any atom is -0.244 e. The number of aromatic nitrogens is 2. The molecule has 0 atom stereocenters. The highest BCUT2D eigenvalue weighted by atomic mass is 15.3. The normalized spacial score (nSPS) is 12.9. The molecule has 1 aliphatic heterocycles. The Labute approximate surface area is 74.3 Å². The van der Waals surface area contributed by atoms with Crippen molar-refractivity contribution in [2.24, 2.45) is 5.10 Å². The summed E-state index contributed by atoms with van der Waals surface area (Å²) in [7, 11) is 0. The zero-order valence-corrected chi connectivity index (χ0v) is 6.68. The van der Waals surface area contributed by atoms with Gasteiger partial charge in [0.25, 0.3) is 0 Å². The highest BCUT2D eigenvalue weighted by Crippen LogP contribution is 2.23. The molecule has 2 heterocycles. The first-order chi connectivity index (χ1) is 6.43. The number of nitrogens with zero attached hydrogens (tertiary/aromatic N) is 4. The zero-order valence-electron chi connectivity index (χ0n) is 6.68. The molecule has 13 heavy (non-hydrogen) atoms. The molecular formula is C9H5N4. The van der Waals surface area contributed by atoms with E-state index in [0.29, 0.717) is 0 Å². The number of hydrogen-bond donors (Lipinski definition) is 0. The molecule has 1 aliphatic rings. The van der Waals surface area contributed by atoms with Crippen molar-refractivity contribution in [2.75, 3.05) is 0 Å². The molecular weight excluding hydrogens is 164 g/mol. The van der Waals surface area contributed by atoms with E-state index in [0.717, 1.165) is 22.2 Å². The Hall–Kier alpha value is -1.97. The molecule has 0 aliphatic carbocycles. The van der Waals surface area contributed by atoms with Gasteiger partial charge in [-0.25, -0.2) is 9.97 Å². The van der Waals surface area contributed by atoms with Gasteiger partial charge in [0.05, 0.1) is 17.4 Å². The van der Waals surface area contributed by atoms with E-state index in [1.807, 2.05) is 12.1 Å². The summed E-state index contributed by atoms with van der Waals surface area (Å²) in [5.41, 5.74) is 6.80. The Morgan fingerprint density at radius 1 is 1.15 bits per heavy atom. The van der Waals surface area contributed by atoms with Crippen molar-refractivity contribution in [3.8, 4) is 0 Å². The molecule has 0 saturated heterocycles. The van der Waals surface area contributed by atoms with Gasteiger partial charge >= 0.3 is 0 Å². The van der Waals surface area contributed by atoms with Crippen LogP contribution in [0, 0.1) is 0 Å². The van der Waals surface area contributed by atoms with Crippen LogP contribution in [0.4, 0.5) is 5.69 Å². The Morgan fingerprint density at radius 3 is 3.15 bits per heavy atom. The maximum atomic E-state index is 4.14. The third-order valence-corrected chi connectivity index (χ3v) is 2.02. The smallest absolute Gasteiger partial charge is 0.116 e. The van der Waals surface area contributed by atoms with E-state index in [1.54, 1.807) is 12.4 Å². The quantitative estimate of drug-likeness (QED) is 0.595. The second kappa shape index (κ2) is 2.26. The predicted octanol–water partition coefficient (Wildman–Crippen LogP) is 1.21. The molecule has 0 saturated carbocycles. The van der Waals surface area contributed by atoms with E-state index in [-0.39, 0.29) is 0 Å². The highest BCUT2D eigenvalue weighted by Gasteiger charge is 2.08. The van der Waals surface area contributed by atoms with Crippen molar-refractivity contribution in [3.63, 3.8) is 0 Å². The molecule has 0 unspecified atom stereocenters. The van der Waals surface area contributed by atoms with E-state index < -0.39 is 0 Å². The van der Waals surface area contributed by atoms with Crippen molar-refractivity contribution < 1.29 is 0 Å². The first-order valence-corrected chi connectivity index (χ1v) is 3.91. The lowest BCUT2D eigenvalue weighted by atomic mass is 10.1. The van der Waals surface area contributed by atoms with Crippen LogP contribution in [0.15, 0.2) is 29.8 Å². The summed E-state index contributed by atoms with van der Waals surface area (Å²) in [5.74, 6) is 0. The molecule has 0 N–H and O–H groups in total. The van der Waals surface area contributed by atoms with E-state index in [4.69, 9.17) is 0 Å². The van der Waals surface area contributed by atoms with Crippen LogP contribution >= 0.6 is 0 Å². The van der Waals surface area contributed by atoms with E-state index in [9.17, 15) is 0 Å². The summed E-state index contributed by atoms with van der Waals surface area (Å²) < 4.78 is 0. The van der Waals surface area contributed by atoms with Gasteiger partial charge in [0.1, 0.15) is 6.33 Å². The molecule has 0 fully saturated rings. The van der Waals surface area contributed by atoms with Gasteiger partial charge in [0.15, 0.2) is 0 Å². The minimum atomic E-state index is 0.891. The van der Waals surface area contributed by atoms with Crippen molar-refractivity contribution in [1.29, 1.82) is 0 Å². The molecule has 0 spiro atoms. The number of hydrogen-bond acceptors (Lipinski definition) is 3. The largest absolute Gasteiger partial charge is 0.244 e. The predicted molar refractivity (Wildman–Crippen MR) is 48.9 cm³/mol. The fourth-order valence-electron chi connectivity index (χ4n) is 1.38. The average molecular weight is 169 g/mol. The van der Waals surface area contributed by atoms with Crippen LogP contribution in [-0.4, -0.2) is 16.2 Å². The lowest BCUT2D eigenvalue weighted by molar-refractivity contribution is 0.993. The summed E-state index contributed by atoms with van der Waals surface area (Å²) in [6.45, 7) is 0. The van der Waals surface area contributed by atoms with Gasteiger partial charge in [-0.15, -0.1) is 0 Å². The lowest BCUT2D eigenvalue weighted by Gasteiger charge is -1.98. The second-order valence-corrected chi connectivity index (χ2v) is 2.84. The fraction of sp³-hybridized carbons (Fsp3) is 0. The van der Waals surface area contributed by atoms with Crippen LogP contribution in [0.1, 0.15) is 5.56 Å². The monoisotopic (exact) mass is 169 g/mol. The molecule has 3 rings (SSSR count). The van der Waals surface area contributed by atoms with Crippen molar-refractivity contribution in [1.82, 2.24) is 15.4 Å². The highest BCUT2D eigenvalue weighted by molar-refractivity contribution is 5.96. The Balaban J connectivity index is 2.40. The Kier molecular flexibility index (Phi) is 1.14. The second-order valence-electron chi connectivity index (χ2n) is 2.84. The number of benzene rings is 1. The van der Waals surface area contributed by atoms with Gasteiger partial charge in [-0.1, -0.05) is 0 Å².